The highest BCUT2D eigenvalue weighted by Crippen LogP contribution is 2.23. The molecule has 1 aromatic carbocycles. The molecule has 0 amide bonds. The number of nitrogens with zero attached hydrogens (tertiary/aromatic N) is 1. The molecule has 1 saturated heterocycles. The van der Waals surface area contributed by atoms with Gasteiger partial charge in [0.25, 0.3) is 0 Å². The third kappa shape index (κ3) is 3.37. The zero-order chi connectivity index (χ0) is 14.6. The maximum absolute atomic E-state index is 14.0. The predicted octanol–water partition coefficient (Wildman–Crippen LogP) is 2.27. The van der Waals surface area contributed by atoms with E-state index < -0.39 is 15.8 Å². The summed E-state index contributed by atoms with van der Waals surface area (Å²) in [6, 6.07) is 3.77. The molecular formula is C14H20FNO3S. The molecule has 0 spiro atoms. The summed E-state index contributed by atoms with van der Waals surface area (Å²) >= 11 is 0. The van der Waals surface area contributed by atoms with Crippen LogP contribution in [0.3, 0.4) is 0 Å². The topological polar surface area (TPSA) is 57.6 Å². The van der Waals surface area contributed by atoms with E-state index in [1.54, 1.807) is 0 Å². The Kier molecular flexibility index (Phi) is 5.12. The lowest BCUT2D eigenvalue weighted by atomic mass is 10.1. The van der Waals surface area contributed by atoms with Crippen molar-refractivity contribution in [1.82, 2.24) is 4.31 Å². The summed E-state index contributed by atoms with van der Waals surface area (Å²) in [7, 11) is -3.78. The van der Waals surface area contributed by atoms with Gasteiger partial charge in [-0.2, -0.15) is 4.31 Å². The zero-order valence-corrected chi connectivity index (χ0v) is 12.2. The minimum Gasteiger partial charge on any atom is -0.392 e. The molecule has 1 aliphatic rings. The number of hydrogen-bond donors (Lipinski definition) is 1. The summed E-state index contributed by atoms with van der Waals surface area (Å²) in [6.45, 7) is 0.591. The van der Waals surface area contributed by atoms with Crippen LogP contribution in [-0.4, -0.2) is 30.9 Å². The average molecular weight is 301 g/mol. The van der Waals surface area contributed by atoms with Crippen molar-refractivity contribution in [2.24, 2.45) is 0 Å². The van der Waals surface area contributed by atoms with Crippen molar-refractivity contribution in [1.29, 1.82) is 0 Å². The van der Waals surface area contributed by atoms with Crippen molar-refractivity contribution in [2.45, 2.75) is 43.6 Å². The number of halogens is 1. The Morgan fingerprint density at radius 2 is 1.70 bits per heavy atom. The molecule has 0 aliphatic carbocycles. The number of sulfonamides is 1. The maximum atomic E-state index is 14.0. The molecule has 1 N–H and O–H groups in total. The lowest BCUT2D eigenvalue weighted by molar-refractivity contribution is 0.281. The first-order valence-electron chi connectivity index (χ1n) is 6.95. The van der Waals surface area contributed by atoms with Crippen LogP contribution in [0.15, 0.2) is 23.1 Å². The molecule has 20 heavy (non-hydrogen) atoms. The van der Waals surface area contributed by atoms with Gasteiger partial charge in [0.15, 0.2) is 0 Å². The van der Waals surface area contributed by atoms with E-state index in [-0.39, 0.29) is 11.5 Å². The average Bonchev–Trinajstić information content (AvgIpc) is 2.37. The Bertz CT molecular complexity index is 552. The second kappa shape index (κ2) is 6.65. The van der Waals surface area contributed by atoms with E-state index in [0.717, 1.165) is 38.2 Å². The second-order valence-electron chi connectivity index (χ2n) is 5.09. The van der Waals surface area contributed by atoms with Gasteiger partial charge in [-0.3, -0.25) is 0 Å². The summed E-state index contributed by atoms with van der Waals surface area (Å²) in [4.78, 5) is -0.296. The second-order valence-corrected chi connectivity index (χ2v) is 7.00. The van der Waals surface area contributed by atoms with E-state index in [9.17, 15) is 12.8 Å². The molecule has 0 aromatic heterocycles. The molecule has 4 nitrogen and oxygen atoms in total. The fraction of sp³-hybridized carbons (Fsp3) is 0.571. The molecular weight excluding hydrogens is 281 g/mol. The summed E-state index contributed by atoms with van der Waals surface area (Å²) in [6.07, 6.45) is 4.79. The lowest BCUT2D eigenvalue weighted by Gasteiger charge is -2.24. The maximum Gasteiger partial charge on any atom is 0.245 e. The third-order valence-corrected chi connectivity index (χ3v) is 5.54. The van der Waals surface area contributed by atoms with Gasteiger partial charge in [-0.05, 0) is 30.5 Å². The molecule has 0 bridgehead atoms. The van der Waals surface area contributed by atoms with Crippen molar-refractivity contribution in [3.8, 4) is 0 Å². The summed E-state index contributed by atoms with van der Waals surface area (Å²) < 4.78 is 40.3. The Morgan fingerprint density at radius 1 is 1.10 bits per heavy atom. The van der Waals surface area contributed by atoms with E-state index in [1.807, 2.05) is 0 Å². The van der Waals surface area contributed by atoms with Crippen molar-refractivity contribution in [2.75, 3.05) is 13.1 Å². The fourth-order valence-electron chi connectivity index (χ4n) is 2.45. The molecule has 1 heterocycles. The van der Waals surface area contributed by atoms with Gasteiger partial charge < -0.3 is 5.11 Å². The lowest BCUT2D eigenvalue weighted by Crippen LogP contribution is -2.34. The molecule has 0 saturated carbocycles. The van der Waals surface area contributed by atoms with E-state index >= 15 is 0 Å². The third-order valence-electron chi connectivity index (χ3n) is 3.61. The largest absolute Gasteiger partial charge is 0.392 e. The van der Waals surface area contributed by atoms with E-state index in [2.05, 4.69) is 0 Å². The summed E-state index contributed by atoms with van der Waals surface area (Å²) in [5, 5.41) is 8.95. The van der Waals surface area contributed by atoms with Gasteiger partial charge in [0, 0.05) is 13.1 Å². The van der Waals surface area contributed by atoms with Gasteiger partial charge in [-0.25, -0.2) is 12.8 Å². The quantitative estimate of drug-likeness (QED) is 0.932. The zero-order valence-electron chi connectivity index (χ0n) is 11.4. The molecule has 6 heteroatoms. The van der Waals surface area contributed by atoms with Crippen LogP contribution in [0.2, 0.25) is 0 Å². The smallest absolute Gasteiger partial charge is 0.245 e. The number of benzene rings is 1. The molecule has 0 unspecified atom stereocenters. The number of rotatable bonds is 3. The number of hydrogen-bond acceptors (Lipinski definition) is 3. The minimum absolute atomic E-state index is 0.296. The van der Waals surface area contributed by atoms with Crippen LogP contribution in [-0.2, 0) is 16.6 Å². The molecule has 112 valence electrons. The highest BCUT2D eigenvalue weighted by Gasteiger charge is 2.27. The van der Waals surface area contributed by atoms with Crippen LogP contribution in [0.5, 0.6) is 0 Å². The predicted molar refractivity (Wildman–Crippen MR) is 74.2 cm³/mol. The Balaban J connectivity index is 2.28. The van der Waals surface area contributed by atoms with E-state index in [1.165, 1.54) is 16.4 Å². The molecule has 1 fully saturated rings. The van der Waals surface area contributed by atoms with Crippen LogP contribution < -0.4 is 0 Å². The van der Waals surface area contributed by atoms with Crippen LogP contribution in [0, 0.1) is 5.82 Å². The van der Waals surface area contributed by atoms with E-state index in [0.29, 0.717) is 18.7 Å². The van der Waals surface area contributed by atoms with Crippen LogP contribution in [0.4, 0.5) is 4.39 Å². The molecule has 2 rings (SSSR count). The summed E-state index contributed by atoms with van der Waals surface area (Å²) in [5.41, 5.74) is 0.370. The van der Waals surface area contributed by atoms with Crippen LogP contribution >= 0.6 is 0 Å². The number of aliphatic hydroxyl groups excluding tert-OH is 1. The minimum atomic E-state index is -3.78. The first-order valence-corrected chi connectivity index (χ1v) is 8.39. The van der Waals surface area contributed by atoms with Gasteiger partial charge >= 0.3 is 0 Å². The highest BCUT2D eigenvalue weighted by molar-refractivity contribution is 7.89. The molecule has 0 radical (unpaired) electrons. The van der Waals surface area contributed by atoms with Gasteiger partial charge in [-0.15, -0.1) is 0 Å². The van der Waals surface area contributed by atoms with Crippen molar-refractivity contribution in [3.05, 3.63) is 29.6 Å². The van der Waals surface area contributed by atoms with Crippen molar-refractivity contribution in [3.63, 3.8) is 0 Å². The highest BCUT2D eigenvalue weighted by atomic mass is 32.2. The molecule has 0 atom stereocenters. The van der Waals surface area contributed by atoms with Crippen molar-refractivity contribution >= 4 is 10.0 Å². The Morgan fingerprint density at radius 3 is 2.25 bits per heavy atom. The van der Waals surface area contributed by atoms with Gasteiger partial charge in [-0.1, -0.05) is 25.3 Å². The van der Waals surface area contributed by atoms with Gasteiger partial charge in [0.05, 0.1) is 6.61 Å². The van der Waals surface area contributed by atoms with Gasteiger partial charge in [0.2, 0.25) is 10.0 Å². The van der Waals surface area contributed by atoms with E-state index in [4.69, 9.17) is 5.11 Å². The van der Waals surface area contributed by atoms with Gasteiger partial charge in [0.1, 0.15) is 10.7 Å². The first kappa shape index (κ1) is 15.4. The van der Waals surface area contributed by atoms with Crippen LogP contribution in [0.25, 0.3) is 0 Å². The molecule has 1 aromatic rings. The number of aliphatic hydroxyl groups is 1. The standard InChI is InChI=1S/C14H20FNO3S/c15-13-10-12(11-17)6-7-14(13)20(18,19)16-8-4-2-1-3-5-9-16/h6-7,10,17H,1-5,8-9,11H2. The molecule has 1 aliphatic heterocycles. The first-order chi connectivity index (χ1) is 9.55. The normalized spacial score (nSPS) is 18.5. The van der Waals surface area contributed by atoms with Crippen molar-refractivity contribution < 1.29 is 17.9 Å². The Hall–Kier alpha value is -0.980. The SMILES string of the molecule is O=S(=O)(c1ccc(CO)cc1F)N1CCCCCCC1. The Labute approximate surface area is 119 Å². The summed E-state index contributed by atoms with van der Waals surface area (Å²) in [5.74, 6) is -0.793. The van der Waals surface area contributed by atoms with Crippen LogP contribution in [0.1, 0.15) is 37.7 Å². The monoisotopic (exact) mass is 301 g/mol. The fourth-order valence-corrected chi connectivity index (χ4v) is 4.01.